The Bertz CT molecular complexity index is 830. The molecule has 0 radical (unpaired) electrons. The van der Waals surface area contributed by atoms with Gasteiger partial charge < -0.3 is 15.8 Å². The zero-order valence-electron chi connectivity index (χ0n) is 12.6. The maximum Gasteiger partial charge on any atom is 0.209 e. The summed E-state index contributed by atoms with van der Waals surface area (Å²) in [4.78, 5) is 4.34. The summed E-state index contributed by atoms with van der Waals surface area (Å²) in [6.07, 6.45) is 3.55. The van der Waals surface area contributed by atoms with Crippen LogP contribution in [0, 0.1) is 5.92 Å². The lowest BCUT2D eigenvalue weighted by Crippen LogP contribution is -2.18. The van der Waals surface area contributed by atoms with Gasteiger partial charge in [-0.1, -0.05) is 18.2 Å². The minimum atomic E-state index is 0.379. The van der Waals surface area contributed by atoms with Gasteiger partial charge in [0.2, 0.25) is 5.95 Å². The van der Waals surface area contributed by atoms with Crippen LogP contribution in [0.2, 0.25) is 0 Å². The minimum absolute atomic E-state index is 0.379. The van der Waals surface area contributed by atoms with E-state index < -0.39 is 0 Å². The second kappa shape index (κ2) is 5.75. The van der Waals surface area contributed by atoms with Crippen molar-refractivity contribution >= 4 is 17.4 Å². The first-order chi connectivity index (χ1) is 11.3. The molecule has 3 heterocycles. The number of para-hydroxylation sites is 1. The van der Waals surface area contributed by atoms with E-state index in [0.29, 0.717) is 17.5 Å². The van der Waals surface area contributed by atoms with E-state index in [0.717, 1.165) is 37.6 Å². The number of nitrogens with zero attached hydrogens (tertiary/aromatic N) is 4. The molecule has 3 N–H and O–H groups in total. The van der Waals surface area contributed by atoms with E-state index in [1.807, 2.05) is 18.2 Å². The van der Waals surface area contributed by atoms with Gasteiger partial charge in [0.1, 0.15) is 17.9 Å². The number of fused-ring (bicyclic) bond motifs is 2. The van der Waals surface area contributed by atoms with Crippen LogP contribution in [0.4, 0.5) is 11.8 Å². The van der Waals surface area contributed by atoms with Crippen molar-refractivity contribution in [1.82, 2.24) is 19.6 Å². The molecule has 1 unspecified atom stereocenters. The van der Waals surface area contributed by atoms with Crippen LogP contribution in [0.5, 0.6) is 5.75 Å². The van der Waals surface area contributed by atoms with E-state index in [2.05, 4.69) is 32.6 Å². The second-order valence-electron chi connectivity index (χ2n) is 5.75. The van der Waals surface area contributed by atoms with Gasteiger partial charge in [0.15, 0.2) is 5.65 Å². The van der Waals surface area contributed by atoms with E-state index in [1.165, 1.54) is 5.56 Å². The van der Waals surface area contributed by atoms with Gasteiger partial charge in [-0.3, -0.25) is 4.40 Å². The second-order valence-corrected chi connectivity index (χ2v) is 5.75. The number of nitrogens with one attached hydrogen (secondary N) is 1. The summed E-state index contributed by atoms with van der Waals surface area (Å²) in [5.41, 5.74) is 7.86. The molecule has 7 nitrogen and oxygen atoms in total. The van der Waals surface area contributed by atoms with Crippen molar-refractivity contribution in [1.29, 1.82) is 0 Å². The van der Waals surface area contributed by atoms with Crippen LogP contribution in [0.3, 0.4) is 0 Å². The molecule has 1 aliphatic rings. The van der Waals surface area contributed by atoms with Gasteiger partial charge in [-0.15, -0.1) is 10.2 Å². The first-order valence-corrected chi connectivity index (χ1v) is 7.70. The molecule has 0 saturated carbocycles. The summed E-state index contributed by atoms with van der Waals surface area (Å²) >= 11 is 0. The Morgan fingerprint density at radius 2 is 2.26 bits per heavy atom. The molecule has 0 saturated heterocycles. The van der Waals surface area contributed by atoms with Crippen molar-refractivity contribution in [3.8, 4) is 5.75 Å². The Hall–Kier alpha value is -2.83. The highest BCUT2D eigenvalue weighted by atomic mass is 16.5. The SMILES string of the molecule is Nc1nc(NCC2CCOc3ccccc3C2)cc2nncn12. The fourth-order valence-electron chi connectivity index (χ4n) is 2.93. The number of nitrogen functional groups attached to an aromatic ring is 1. The van der Waals surface area contributed by atoms with Crippen LogP contribution >= 0.6 is 0 Å². The van der Waals surface area contributed by atoms with Gasteiger partial charge in [-0.2, -0.15) is 4.98 Å². The number of rotatable bonds is 3. The topological polar surface area (TPSA) is 90.4 Å². The summed E-state index contributed by atoms with van der Waals surface area (Å²) in [5.74, 6) is 2.59. The third-order valence-electron chi connectivity index (χ3n) is 4.16. The molecule has 1 atom stereocenters. The summed E-state index contributed by atoms with van der Waals surface area (Å²) < 4.78 is 7.47. The van der Waals surface area contributed by atoms with Crippen LogP contribution in [0.1, 0.15) is 12.0 Å². The zero-order chi connectivity index (χ0) is 15.6. The van der Waals surface area contributed by atoms with Crippen LogP contribution in [-0.2, 0) is 6.42 Å². The Morgan fingerprint density at radius 1 is 1.35 bits per heavy atom. The first-order valence-electron chi connectivity index (χ1n) is 7.70. The predicted octanol–water partition coefficient (Wildman–Crippen LogP) is 1.76. The number of hydrogen-bond donors (Lipinski definition) is 2. The van der Waals surface area contributed by atoms with E-state index >= 15 is 0 Å². The highest BCUT2D eigenvalue weighted by Crippen LogP contribution is 2.26. The number of benzene rings is 1. The molecule has 0 fully saturated rings. The summed E-state index contributed by atoms with van der Waals surface area (Å²) in [7, 11) is 0. The summed E-state index contributed by atoms with van der Waals surface area (Å²) in [5, 5.41) is 11.2. The Balaban J connectivity index is 1.47. The fourth-order valence-corrected chi connectivity index (χ4v) is 2.93. The molecule has 4 rings (SSSR count). The number of hydrogen-bond acceptors (Lipinski definition) is 6. The number of aromatic nitrogens is 4. The van der Waals surface area contributed by atoms with Gasteiger partial charge >= 0.3 is 0 Å². The molecule has 2 aromatic heterocycles. The Morgan fingerprint density at radius 3 is 3.22 bits per heavy atom. The largest absolute Gasteiger partial charge is 0.493 e. The predicted molar refractivity (Wildman–Crippen MR) is 87.4 cm³/mol. The molecule has 23 heavy (non-hydrogen) atoms. The monoisotopic (exact) mass is 310 g/mol. The molecule has 0 bridgehead atoms. The molecule has 7 heteroatoms. The summed E-state index contributed by atoms with van der Waals surface area (Å²) in [6.45, 7) is 1.55. The van der Waals surface area contributed by atoms with Crippen molar-refractivity contribution in [3.63, 3.8) is 0 Å². The fraction of sp³-hybridized carbons (Fsp3) is 0.312. The van der Waals surface area contributed by atoms with Gasteiger partial charge in [0.05, 0.1) is 6.61 Å². The standard InChI is InChI=1S/C16H18N6O/c17-16-20-14(8-15-21-19-10-22(15)16)18-9-11-5-6-23-13-4-2-1-3-12(13)7-11/h1-4,8,10-11,18H,5-7,9H2,(H2,17,20). The lowest BCUT2D eigenvalue weighted by atomic mass is 9.97. The van der Waals surface area contributed by atoms with Crippen LogP contribution in [0.15, 0.2) is 36.7 Å². The van der Waals surface area contributed by atoms with E-state index in [9.17, 15) is 0 Å². The third-order valence-corrected chi connectivity index (χ3v) is 4.16. The average Bonchev–Trinajstić information content (AvgIpc) is 2.93. The van der Waals surface area contributed by atoms with Crippen molar-refractivity contribution in [2.24, 2.45) is 5.92 Å². The lowest BCUT2D eigenvalue weighted by molar-refractivity contribution is 0.298. The lowest BCUT2D eigenvalue weighted by Gasteiger charge is -2.15. The van der Waals surface area contributed by atoms with Gasteiger partial charge in [-0.25, -0.2) is 0 Å². The van der Waals surface area contributed by atoms with Crippen molar-refractivity contribution in [3.05, 3.63) is 42.2 Å². The summed E-state index contributed by atoms with van der Waals surface area (Å²) in [6, 6.07) is 10.1. The first kappa shape index (κ1) is 13.8. The van der Waals surface area contributed by atoms with Gasteiger partial charge in [0, 0.05) is 12.6 Å². The maximum atomic E-state index is 5.91. The smallest absolute Gasteiger partial charge is 0.209 e. The highest BCUT2D eigenvalue weighted by molar-refractivity contribution is 5.53. The third kappa shape index (κ3) is 2.77. The zero-order valence-corrected chi connectivity index (χ0v) is 12.6. The molecule has 3 aromatic rings. The Labute approximate surface area is 133 Å². The van der Waals surface area contributed by atoms with Crippen LogP contribution < -0.4 is 15.8 Å². The van der Waals surface area contributed by atoms with Crippen LogP contribution in [-0.4, -0.2) is 32.7 Å². The molecule has 0 aliphatic carbocycles. The maximum absolute atomic E-state index is 5.91. The van der Waals surface area contributed by atoms with Gasteiger partial charge in [0.25, 0.3) is 0 Å². The van der Waals surface area contributed by atoms with Crippen molar-refractivity contribution < 1.29 is 4.74 Å². The number of ether oxygens (including phenoxy) is 1. The van der Waals surface area contributed by atoms with E-state index in [1.54, 1.807) is 10.7 Å². The van der Waals surface area contributed by atoms with Crippen molar-refractivity contribution in [2.75, 3.05) is 24.2 Å². The molecule has 0 amide bonds. The van der Waals surface area contributed by atoms with Crippen LogP contribution in [0.25, 0.3) is 5.65 Å². The number of anilines is 2. The van der Waals surface area contributed by atoms with E-state index in [-0.39, 0.29) is 0 Å². The minimum Gasteiger partial charge on any atom is -0.493 e. The highest BCUT2D eigenvalue weighted by Gasteiger charge is 2.17. The molecule has 1 aromatic carbocycles. The molecule has 118 valence electrons. The Kier molecular flexibility index (Phi) is 3.45. The normalized spacial score (nSPS) is 17.3. The molecule has 0 spiro atoms. The quantitative estimate of drug-likeness (QED) is 0.766. The van der Waals surface area contributed by atoms with E-state index in [4.69, 9.17) is 10.5 Å². The average molecular weight is 310 g/mol. The molecular weight excluding hydrogens is 292 g/mol. The molecular formula is C16H18N6O. The molecule has 1 aliphatic heterocycles. The number of nitrogens with two attached hydrogens (primary N) is 1. The van der Waals surface area contributed by atoms with Gasteiger partial charge in [-0.05, 0) is 30.4 Å². The van der Waals surface area contributed by atoms with Crippen molar-refractivity contribution in [2.45, 2.75) is 12.8 Å².